The largest absolute Gasteiger partial charge is 0.493 e. The molecule has 1 aliphatic rings. The molecule has 4 heterocycles. The zero-order valence-corrected chi connectivity index (χ0v) is 19.3. The zero-order valence-electron chi connectivity index (χ0n) is 19.3. The number of H-pyrrole nitrogens is 1. The fourth-order valence-electron chi connectivity index (χ4n) is 4.36. The second-order valence-electron chi connectivity index (χ2n) is 7.96. The summed E-state index contributed by atoms with van der Waals surface area (Å²) in [6.07, 6.45) is 7.31. The Labute approximate surface area is 196 Å². The van der Waals surface area contributed by atoms with Crippen LogP contribution in [0.4, 0.5) is 17.6 Å². The summed E-state index contributed by atoms with van der Waals surface area (Å²) in [7, 11) is 4.73. The quantitative estimate of drug-likeness (QED) is 0.360. The molecule has 0 aliphatic carbocycles. The number of aromatic nitrogens is 5. The first kappa shape index (κ1) is 21.8. The van der Waals surface area contributed by atoms with Crippen LogP contribution in [0.2, 0.25) is 0 Å². The van der Waals surface area contributed by atoms with Crippen LogP contribution in [0.5, 0.6) is 17.2 Å². The van der Waals surface area contributed by atoms with Gasteiger partial charge in [0.2, 0.25) is 11.7 Å². The van der Waals surface area contributed by atoms with E-state index in [0.29, 0.717) is 29.0 Å². The van der Waals surface area contributed by atoms with Crippen molar-refractivity contribution in [2.45, 2.75) is 18.9 Å². The number of benzene rings is 1. The van der Waals surface area contributed by atoms with Gasteiger partial charge >= 0.3 is 0 Å². The maximum absolute atomic E-state index is 9.80. The van der Waals surface area contributed by atoms with Crippen molar-refractivity contribution in [2.75, 3.05) is 44.7 Å². The minimum absolute atomic E-state index is 0.0556. The Kier molecular flexibility index (Phi) is 5.84. The normalized spacial score (nSPS) is 15.6. The Morgan fingerprint density at radius 1 is 1.15 bits per heavy atom. The van der Waals surface area contributed by atoms with Crippen LogP contribution in [0.15, 0.2) is 36.9 Å². The number of aliphatic hydroxyl groups is 1. The number of nitrogens with zero attached hydrogens (tertiary/aromatic N) is 5. The first-order chi connectivity index (χ1) is 16.6. The van der Waals surface area contributed by atoms with E-state index in [0.717, 1.165) is 41.9 Å². The van der Waals surface area contributed by atoms with Crippen LogP contribution >= 0.6 is 0 Å². The molecule has 0 saturated carbocycles. The zero-order chi connectivity index (χ0) is 23.7. The molecule has 1 aliphatic heterocycles. The highest BCUT2D eigenvalue weighted by atomic mass is 16.5. The van der Waals surface area contributed by atoms with Crippen LogP contribution in [-0.4, -0.2) is 70.1 Å². The van der Waals surface area contributed by atoms with Crippen LogP contribution in [0, 0.1) is 0 Å². The average molecular weight is 466 g/mol. The summed E-state index contributed by atoms with van der Waals surface area (Å²) in [6.45, 7) is 0.940. The predicted molar refractivity (Wildman–Crippen MR) is 128 cm³/mol. The van der Waals surface area contributed by atoms with E-state index in [4.69, 9.17) is 19.2 Å². The minimum atomic E-state index is 0.0556. The molecule has 0 amide bonds. The second-order valence-corrected chi connectivity index (χ2v) is 7.96. The van der Waals surface area contributed by atoms with E-state index >= 15 is 0 Å². The molecule has 1 aromatic carbocycles. The van der Waals surface area contributed by atoms with Crippen molar-refractivity contribution in [3.63, 3.8) is 0 Å². The lowest BCUT2D eigenvalue weighted by Gasteiger charge is -2.25. The number of hydrogen-bond donors (Lipinski definition) is 3. The molecule has 0 spiro atoms. The van der Waals surface area contributed by atoms with Crippen molar-refractivity contribution in [3.05, 3.63) is 36.9 Å². The van der Waals surface area contributed by atoms with Gasteiger partial charge in [0.05, 0.1) is 51.2 Å². The van der Waals surface area contributed by atoms with Crippen LogP contribution in [0.25, 0.3) is 16.7 Å². The highest BCUT2D eigenvalue weighted by molar-refractivity contribution is 5.89. The molecule has 3 aromatic heterocycles. The molecule has 5 rings (SSSR count). The van der Waals surface area contributed by atoms with Gasteiger partial charge in [0, 0.05) is 24.9 Å². The Balaban J connectivity index is 1.46. The third-order valence-corrected chi connectivity index (χ3v) is 6.03. The topological polar surface area (TPSA) is 123 Å². The minimum Gasteiger partial charge on any atom is -0.493 e. The molecule has 0 radical (unpaired) electrons. The lowest BCUT2D eigenvalue weighted by molar-refractivity contribution is 0.266. The number of nitrogens with one attached hydrogen (secondary N) is 2. The van der Waals surface area contributed by atoms with Crippen molar-refractivity contribution >= 4 is 28.6 Å². The van der Waals surface area contributed by atoms with E-state index in [9.17, 15) is 5.11 Å². The molecule has 1 fully saturated rings. The highest BCUT2D eigenvalue weighted by Crippen LogP contribution is 2.39. The maximum atomic E-state index is 9.80. The fourth-order valence-corrected chi connectivity index (χ4v) is 4.36. The summed E-state index contributed by atoms with van der Waals surface area (Å²) in [5.74, 6) is 3.42. The summed E-state index contributed by atoms with van der Waals surface area (Å²) >= 11 is 0. The van der Waals surface area contributed by atoms with Crippen molar-refractivity contribution in [1.82, 2.24) is 24.5 Å². The van der Waals surface area contributed by atoms with Crippen LogP contribution in [0.1, 0.15) is 12.8 Å². The number of anilines is 3. The highest BCUT2D eigenvalue weighted by Gasteiger charge is 2.27. The number of ether oxygens (including phenoxy) is 3. The summed E-state index contributed by atoms with van der Waals surface area (Å²) in [6, 6.07) is 5.70. The Bertz CT molecular complexity index is 1280. The van der Waals surface area contributed by atoms with Crippen molar-refractivity contribution in [3.8, 4) is 22.9 Å². The molecule has 178 valence electrons. The molecule has 3 N–H and O–H groups in total. The molecule has 4 aromatic rings. The molecule has 1 saturated heterocycles. The van der Waals surface area contributed by atoms with Crippen LogP contribution in [-0.2, 0) is 0 Å². The summed E-state index contributed by atoms with van der Waals surface area (Å²) in [4.78, 5) is 19.2. The monoisotopic (exact) mass is 465 g/mol. The van der Waals surface area contributed by atoms with Gasteiger partial charge in [-0.3, -0.25) is 0 Å². The van der Waals surface area contributed by atoms with Gasteiger partial charge < -0.3 is 39.1 Å². The first-order valence-corrected chi connectivity index (χ1v) is 11.0. The lowest BCUT2D eigenvalue weighted by atomic mass is 10.2. The van der Waals surface area contributed by atoms with Gasteiger partial charge in [0.15, 0.2) is 17.3 Å². The van der Waals surface area contributed by atoms with Gasteiger partial charge in [-0.05, 0) is 18.9 Å². The van der Waals surface area contributed by atoms with E-state index in [1.807, 2.05) is 35.2 Å². The molecule has 1 atom stereocenters. The number of aliphatic hydroxyl groups excluding tert-OH is 1. The maximum Gasteiger partial charge on any atom is 0.232 e. The number of hydrogen-bond acceptors (Lipinski definition) is 9. The number of imidazole rings is 1. The van der Waals surface area contributed by atoms with Crippen LogP contribution < -0.4 is 24.4 Å². The molecule has 0 bridgehead atoms. The average Bonchev–Trinajstić information content (AvgIpc) is 3.63. The number of methoxy groups -OCH3 is 3. The smallest absolute Gasteiger partial charge is 0.232 e. The van der Waals surface area contributed by atoms with Gasteiger partial charge in [-0.2, -0.15) is 9.97 Å². The Morgan fingerprint density at radius 2 is 1.94 bits per heavy atom. The SMILES string of the molecule is COc1cc(-n2cnc(Nc3nc(N4CCC[C@H]4CO)c4cc[nH]c4n3)c2)cc(OC)c1OC. The van der Waals surface area contributed by atoms with E-state index < -0.39 is 0 Å². The third kappa shape index (κ3) is 3.83. The van der Waals surface area contributed by atoms with Crippen molar-refractivity contribution < 1.29 is 19.3 Å². The van der Waals surface area contributed by atoms with E-state index in [2.05, 4.69) is 25.2 Å². The summed E-state index contributed by atoms with van der Waals surface area (Å²) in [5.41, 5.74) is 1.51. The molecule has 0 unspecified atom stereocenters. The second kappa shape index (κ2) is 9.10. The van der Waals surface area contributed by atoms with Crippen molar-refractivity contribution in [1.29, 1.82) is 0 Å². The molecule has 34 heavy (non-hydrogen) atoms. The molecular weight excluding hydrogens is 438 g/mol. The van der Waals surface area contributed by atoms with Gasteiger partial charge in [-0.25, -0.2) is 4.98 Å². The van der Waals surface area contributed by atoms with Crippen LogP contribution in [0.3, 0.4) is 0 Å². The Hall–Kier alpha value is -3.99. The standard InChI is InChI=1S/C23H27N7O4/c1-32-17-9-15(10-18(33-2)20(17)34-3)29-11-19(25-13-29)26-23-27-21-16(6-7-24-21)22(28-23)30-8-4-5-14(30)12-31/h6-7,9-11,13-14,31H,4-5,8,12H2,1-3H3,(H2,24,26,27,28)/t14-/m0/s1. The lowest BCUT2D eigenvalue weighted by Crippen LogP contribution is -2.33. The molecule has 11 heteroatoms. The van der Waals surface area contributed by atoms with E-state index in [-0.39, 0.29) is 12.6 Å². The number of fused-ring (bicyclic) bond motifs is 1. The third-order valence-electron chi connectivity index (χ3n) is 6.03. The molecular formula is C23H27N7O4. The van der Waals surface area contributed by atoms with E-state index in [1.165, 1.54) is 0 Å². The predicted octanol–water partition coefficient (Wildman–Crippen LogP) is 2.87. The molecule has 11 nitrogen and oxygen atoms in total. The number of rotatable bonds is 8. The first-order valence-electron chi connectivity index (χ1n) is 11.0. The van der Waals surface area contributed by atoms with Crippen molar-refractivity contribution in [2.24, 2.45) is 0 Å². The van der Waals surface area contributed by atoms with Gasteiger partial charge in [-0.15, -0.1) is 0 Å². The fraction of sp³-hybridized carbons (Fsp3) is 0.348. The summed E-state index contributed by atoms with van der Waals surface area (Å²) < 4.78 is 18.2. The van der Waals surface area contributed by atoms with Gasteiger partial charge in [-0.1, -0.05) is 0 Å². The van der Waals surface area contributed by atoms with Gasteiger partial charge in [0.25, 0.3) is 0 Å². The van der Waals surface area contributed by atoms with Gasteiger partial charge in [0.1, 0.15) is 17.8 Å². The van der Waals surface area contributed by atoms with E-state index in [1.54, 1.807) is 27.7 Å². The summed E-state index contributed by atoms with van der Waals surface area (Å²) in [5, 5.41) is 13.9. The Morgan fingerprint density at radius 3 is 2.65 bits per heavy atom. The number of aromatic amines is 1.